The Morgan fingerprint density at radius 2 is 2.05 bits per heavy atom. The summed E-state index contributed by atoms with van der Waals surface area (Å²) in [6.45, 7) is 0.525. The van der Waals surface area contributed by atoms with E-state index in [4.69, 9.17) is 0 Å². The van der Waals surface area contributed by atoms with Crippen molar-refractivity contribution < 1.29 is 17.6 Å². The summed E-state index contributed by atoms with van der Waals surface area (Å²) in [6, 6.07) is 2.94. The Morgan fingerprint density at radius 3 is 2.68 bits per heavy atom. The fraction of sp³-hybridized carbons (Fsp3) is 0.333. The van der Waals surface area contributed by atoms with Crippen LogP contribution in [0.5, 0.6) is 0 Å². The van der Waals surface area contributed by atoms with E-state index in [2.05, 4.69) is 10.1 Å². The van der Waals surface area contributed by atoms with Gasteiger partial charge in [0.2, 0.25) is 0 Å². The lowest BCUT2D eigenvalue weighted by Crippen LogP contribution is -2.18. The van der Waals surface area contributed by atoms with Gasteiger partial charge in [0.15, 0.2) is 0 Å². The Hall–Kier alpha value is -1.92. The lowest BCUT2D eigenvalue weighted by atomic mass is 9.99. The molecule has 3 nitrogen and oxygen atoms in total. The first-order valence-electron chi connectivity index (χ1n) is 5.56. The van der Waals surface area contributed by atoms with Gasteiger partial charge in [0.05, 0.1) is 11.9 Å². The Labute approximate surface area is 106 Å². The van der Waals surface area contributed by atoms with E-state index in [1.54, 1.807) is 6.92 Å². The van der Waals surface area contributed by atoms with Crippen LogP contribution in [0.15, 0.2) is 30.7 Å². The Bertz CT molecular complexity index is 562. The van der Waals surface area contributed by atoms with Gasteiger partial charge in [-0.15, -0.1) is 0 Å². The predicted molar refractivity (Wildman–Crippen MR) is 60.0 cm³/mol. The number of alkyl halides is 3. The lowest BCUT2D eigenvalue weighted by molar-refractivity contribution is -0.142. The third-order valence-corrected chi connectivity index (χ3v) is 2.72. The topological polar surface area (TPSA) is 30.7 Å². The second-order valence-corrected chi connectivity index (χ2v) is 4.17. The molecule has 0 aliphatic rings. The van der Waals surface area contributed by atoms with Crippen LogP contribution in [0.2, 0.25) is 0 Å². The molecule has 0 N–H and O–H groups in total. The number of rotatable bonds is 3. The molecule has 2 rings (SSSR count). The van der Waals surface area contributed by atoms with Gasteiger partial charge in [-0.2, -0.15) is 18.3 Å². The van der Waals surface area contributed by atoms with E-state index in [0.717, 1.165) is 10.9 Å². The SMILES string of the molecule is CC(c1ccn(CC(F)(F)F)n1)c1ccncc1F. The maximum atomic E-state index is 13.5. The molecule has 0 saturated carbocycles. The summed E-state index contributed by atoms with van der Waals surface area (Å²) in [5, 5.41) is 3.82. The van der Waals surface area contributed by atoms with Crippen molar-refractivity contribution in [3.05, 3.63) is 47.8 Å². The zero-order valence-corrected chi connectivity index (χ0v) is 10.0. The fourth-order valence-electron chi connectivity index (χ4n) is 1.78. The van der Waals surface area contributed by atoms with Crippen LogP contribution in [0, 0.1) is 5.82 Å². The van der Waals surface area contributed by atoms with E-state index in [0.29, 0.717) is 11.3 Å². The molecular formula is C12H11F4N3. The van der Waals surface area contributed by atoms with Gasteiger partial charge in [-0.05, 0) is 17.7 Å². The molecule has 1 atom stereocenters. The molecule has 0 spiro atoms. The highest BCUT2D eigenvalue weighted by atomic mass is 19.4. The van der Waals surface area contributed by atoms with Crippen LogP contribution in [0.4, 0.5) is 17.6 Å². The smallest absolute Gasteiger partial charge is 0.263 e. The molecule has 102 valence electrons. The number of aromatic nitrogens is 3. The van der Waals surface area contributed by atoms with Crippen molar-refractivity contribution in [2.45, 2.75) is 25.6 Å². The average Bonchev–Trinajstić information content (AvgIpc) is 2.75. The van der Waals surface area contributed by atoms with Crippen LogP contribution in [-0.4, -0.2) is 20.9 Å². The maximum absolute atomic E-state index is 13.5. The van der Waals surface area contributed by atoms with Gasteiger partial charge in [0.25, 0.3) is 0 Å². The van der Waals surface area contributed by atoms with Crippen molar-refractivity contribution in [1.29, 1.82) is 0 Å². The highest BCUT2D eigenvalue weighted by Gasteiger charge is 2.28. The van der Waals surface area contributed by atoms with E-state index in [1.165, 1.54) is 24.5 Å². The Balaban J connectivity index is 2.21. The van der Waals surface area contributed by atoms with Crippen LogP contribution in [0.1, 0.15) is 24.1 Å². The summed E-state index contributed by atoms with van der Waals surface area (Å²) in [6.07, 6.45) is -0.590. The normalized spacial score (nSPS) is 13.5. The zero-order valence-electron chi connectivity index (χ0n) is 10.0. The zero-order chi connectivity index (χ0) is 14.0. The number of hydrogen-bond donors (Lipinski definition) is 0. The minimum atomic E-state index is -4.32. The summed E-state index contributed by atoms with van der Waals surface area (Å²) in [7, 11) is 0. The summed E-state index contributed by atoms with van der Waals surface area (Å²) >= 11 is 0. The molecule has 2 aromatic heterocycles. The first-order chi connectivity index (χ1) is 8.87. The van der Waals surface area contributed by atoms with Crippen LogP contribution >= 0.6 is 0 Å². The molecule has 1 unspecified atom stereocenters. The Morgan fingerprint density at radius 1 is 1.32 bits per heavy atom. The van der Waals surface area contributed by atoms with Crippen LogP contribution in [0.3, 0.4) is 0 Å². The van der Waals surface area contributed by atoms with Gasteiger partial charge in [-0.3, -0.25) is 9.67 Å². The molecule has 2 aromatic rings. The van der Waals surface area contributed by atoms with Crippen LogP contribution in [0.25, 0.3) is 0 Å². The predicted octanol–water partition coefficient (Wildman–Crippen LogP) is 3.13. The van der Waals surface area contributed by atoms with Gasteiger partial charge < -0.3 is 0 Å². The molecule has 0 radical (unpaired) electrons. The van der Waals surface area contributed by atoms with E-state index in [9.17, 15) is 17.6 Å². The Kier molecular flexibility index (Phi) is 3.55. The molecule has 0 aliphatic heterocycles. The lowest BCUT2D eigenvalue weighted by Gasteiger charge is -2.10. The van der Waals surface area contributed by atoms with E-state index in [-0.39, 0.29) is 0 Å². The summed E-state index contributed by atoms with van der Waals surface area (Å²) in [4.78, 5) is 3.63. The quantitative estimate of drug-likeness (QED) is 0.804. The van der Waals surface area contributed by atoms with Crippen molar-refractivity contribution in [3.63, 3.8) is 0 Å². The molecule has 0 aromatic carbocycles. The molecule has 0 saturated heterocycles. The van der Waals surface area contributed by atoms with E-state index < -0.39 is 24.5 Å². The average molecular weight is 273 g/mol. The molecule has 19 heavy (non-hydrogen) atoms. The number of nitrogens with zero attached hydrogens (tertiary/aromatic N) is 3. The molecule has 2 heterocycles. The first kappa shape index (κ1) is 13.5. The standard InChI is InChI=1S/C12H11F4N3/c1-8(9-2-4-17-6-10(9)13)11-3-5-19(18-11)7-12(14,15)16/h2-6,8H,7H2,1H3. The van der Waals surface area contributed by atoms with Gasteiger partial charge in [-0.25, -0.2) is 4.39 Å². The fourth-order valence-corrected chi connectivity index (χ4v) is 1.78. The number of hydrogen-bond acceptors (Lipinski definition) is 2. The largest absolute Gasteiger partial charge is 0.408 e. The van der Waals surface area contributed by atoms with Crippen molar-refractivity contribution in [3.8, 4) is 0 Å². The molecule has 0 fully saturated rings. The molecular weight excluding hydrogens is 262 g/mol. The molecule has 0 amide bonds. The third kappa shape index (κ3) is 3.30. The van der Waals surface area contributed by atoms with Gasteiger partial charge in [-0.1, -0.05) is 6.92 Å². The van der Waals surface area contributed by atoms with Crippen molar-refractivity contribution in [2.24, 2.45) is 0 Å². The summed E-state index contributed by atoms with van der Waals surface area (Å²) in [5.41, 5.74) is 0.738. The number of pyridine rings is 1. The van der Waals surface area contributed by atoms with Crippen LogP contribution in [-0.2, 0) is 6.54 Å². The minimum absolute atomic E-state index is 0.354. The van der Waals surface area contributed by atoms with Crippen LogP contribution < -0.4 is 0 Å². The first-order valence-corrected chi connectivity index (χ1v) is 5.56. The minimum Gasteiger partial charge on any atom is -0.263 e. The molecule has 0 aliphatic carbocycles. The second kappa shape index (κ2) is 4.99. The van der Waals surface area contributed by atoms with Gasteiger partial charge >= 0.3 is 6.18 Å². The molecule has 7 heteroatoms. The molecule has 0 bridgehead atoms. The maximum Gasteiger partial charge on any atom is 0.408 e. The van der Waals surface area contributed by atoms with E-state index >= 15 is 0 Å². The van der Waals surface area contributed by atoms with Gasteiger partial charge in [0, 0.05) is 18.3 Å². The summed E-state index contributed by atoms with van der Waals surface area (Å²) in [5.74, 6) is -0.933. The van der Waals surface area contributed by atoms with E-state index in [1.807, 2.05) is 0 Å². The summed E-state index contributed by atoms with van der Waals surface area (Å²) < 4.78 is 51.0. The highest BCUT2D eigenvalue weighted by molar-refractivity contribution is 5.26. The third-order valence-electron chi connectivity index (χ3n) is 2.72. The monoisotopic (exact) mass is 273 g/mol. The number of halogens is 4. The van der Waals surface area contributed by atoms with Crippen molar-refractivity contribution >= 4 is 0 Å². The highest BCUT2D eigenvalue weighted by Crippen LogP contribution is 2.25. The van der Waals surface area contributed by atoms with Gasteiger partial charge in [0.1, 0.15) is 12.4 Å². The van der Waals surface area contributed by atoms with Crippen molar-refractivity contribution in [2.75, 3.05) is 0 Å². The second-order valence-electron chi connectivity index (χ2n) is 4.17. The van der Waals surface area contributed by atoms with Crippen molar-refractivity contribution in [1.82, 2.24) is 14.8 Å².